The van der Waals surface area contributed by atoms with Crippen LogP contribution in [0.3, 0.4) is 0 Å². The fourth-order valence-electron chi connectivity index (χ4n) is 1.86. The van der Waals surface area contributed by atoms with Gasteiger partial charge in [-0.2, -0.15) is 9.61 Å². The molecular formula is C14H11BrClN3O2S. The molecule has 0 unspecified atom stereocenters. The first-order valence-corrected chi connectivity index (χ1v) is 8.52. The minimum Gasteiger partial charge on any atom is -0.486 e. The minimum absolute atomic E-state index is 0.199. The largest absolute Gasteiger partial charge is 0.486 e. The number of halogens is 2. The maximum absolute atomic E-state index is 12.0. The van der Waals surface area contributed by atoms with Crippen molar-refractivity contribution in [1.29, 1.82) is 0 Å². The van der Waals surface area contributed by atoms with Gasteiger partial charge < -0.3 is 4.74 Å². The summed E-state index contributed by atoms with van der Waals surface area (Å²) in [5, 5.41) is 5.71. The minimum atomic E-state index is -0.199. The summed E-state index contributed by atoms with van der Waals surface area (Å²) in [4.78, 5) is 17.0. The average molecular weight is 401 g/mol. The van der Waals surface area contributed by atoms with E-state index in [1.165, 1.54) is 21.9 Å². The molecule has 3 rings (SSSR count). The van der Waals surface area contributed by atoms with Crippen molar-refractivity contribution in [3.05, 3.63) is 54.8 Å². The first-order valence-electron chi connectivity index (χ1n) is 6.53. The molecule has 0 fully saturated rings. The van der Waals surface area contributed by atoms with E-state index in [-0.39, 0.29) is 12.2 Å². The van der Waals surface area contributed by atoms with Crippen molar-refractivity contribution >= 4 is 43.8 Å². The van der Waals surface area contributed by atoms with Gasteiger partial charge in [-0.15, -0.1) is 0 Å². The Balaban J connectivity index is 1.86. The Morgan fingerprint density at radius 1 is 1.41 bits per heavy atom. The van der Waals surface area contributed by atoms with Crippen LogP contribution < -0.4 is 10.3 Å². The van der Waals surface area contributed by atoms with E-state index in [1.807, 2.05) is 6.92 Å². The highest BCUT2D eigenvalue weighted by Gasteiger charge is 2.09. The summed E-state index contributed by atoms with van der Waals surface area (Å²) in [5.41, 5.74) is 0.368. The maximum Gasteiger partial charge on any atom is 0.275 e. The lowest BCUT2D eigenvalue weighted by Gasteiger charge is -2.07. The Labute approximate surface area is 143 Å². The van der Waals surface area contributed by atoms with Crippen LogP contribution in [0.25, 0.3) is 4.96 Å². The summed E-state index contributed by atoms with van der Waals surface area (Å²) in [5.74, 6) is 0.643. The van der Waals surface area contributed by atoms with Crippen molar-refractivity contribution < 1.29 is 4.74 Å². The molecule has 0 aliphatic heterocycles. The first kappa shape index (κ1) is 15.5. The molecule has 0 saturated heterocycles. The Morgan fingerprint density at radius 3 is 2.95 bits per heavy atom. The van der Waals surface area contributed by atoms with Crippen LogP contribution in [0.15, 0.2) is 33.5 Å². The van der Waals surface area contributed by atoms with Crippen LogP contribution >= 0.6 is 38.9 Å². The van der Waals surface area contributed by atoms with Gasteiger partial charge in [0.25, 0.3) is 5.56 Å². The van der Waals surface area contributed by atoms with Crippen LogP contribution in [-0.2, 0) is 13.0 Å². The molecule has 2 heterocycles. The highest BCUT2D eigenvalue weighted by molar-refractivity contribution is 9.10. The summed E-state index contributed by atoms with van der Waals surface area (Å²) in [6, 6.07) is 6.69. The van der Waals surface area contributed by atoms with Gasteiger partial charge in [-0.05, 0) is 40.5 Å². The SMILES string of the molecule is CCc1nn2c(=O)cc(COc3ccc(Cl)cc3Br)nc2s1. The van der Waals surface area contributed by atoms with Gasteiger partial charge >= 0.3 is 0 Å². The third kappa shape index (κ3) is 3.16. The van der Waals surface area contributed by atoms with Gasteiger partial charge in [0, 0.05) is 11.1 Å². The van der Waals surface area contributed by atoms with Crippen molar-refractivity contribution in [2.24, 2.45) is 0 Å². The number of hydrogen-bond donors (Lipinski definition) is 0. The third-order valence-corrected chi connectivity index (χ3v) is 4.82. The topological polar surface area (TPSA) is 56.5 Å². The highest BCUT2D eigenvalue weighted by atomic mass is 79.9. The smallest absolute Gasteiger partial charge is 0.275 e. The van der Waals surface area contributed by atoms with E-state index in [4.69, 9.17) is 16.3 Å². The van der Waals surface area contributed by atoms with Gasteiger partial charge in [-0.1, -0.05) is 29.9 Å². The monoisotopic (exact) mass is 399 g/mol. The molecular weight excluding hydrogens is 390 g/mol. The van der Waals surface area contributed by atoms with Gasteiger partial charge in [0.1, 0.15) is 17.4 Å². The Kier molecular flexibility index (Phi) is 4.46. The molecule has 0 aliphatic carbocycles. The van der Waals surface area contributed by atoms with Crippen molar-refractivity contribution in [2.75, 3.05) is 0 Å². The molecule has 0 saturated carbocycles. The normalized spacial score (nSPS) is 11.0. The number of aryl methyl sites for hydroxylation is 1. The number of benzene rings is 1. The van der Waals surface area contributed by atoms with Gasteiger partial charge in [0.2, 0.25) is 4.96 Å². The zero-order valence-corrected chi connectivity index (χ0v) is 14.7. The number of hydrogen-bond acceptors (Lipinski definition) is 5. The van der Waals surface area contributed by atoms with Gasteiger partial charge in [0.15, 0.2) is 0 Å². The quantitative estimate of drug-likeness (QED) is 0.670. The number of ether oxygens (including phenoxy) is 1. The van der Waals surface area contributed by atoms with E-state index in [0.717, 1.165) is 15.9 Å². The van der Waals surface area contributed by atoms with E-state index in [0.29, 0.717) is 21.4 Å². The lowest BCUT2D eigenvalue weighted by Crippen LogP contribution is -2.16. The van der Waals surface area contributed by atoms with Gasteiger partial charge in [-0.3, -0.25) is 4.79 Å². The third-order valence-electron chi connectivity index (χ3n) is 2.91. The molecule has 0 amide bonds. The van der Waals surface area contributed by atoms with E-state index < -0.39 is 0 Å². The van der Waals surface area contributed by atoms with Crippen LogP contribution in [0.4, 0.5) is 0 Å². The number of aromatic nitrogens is 3. The molecule has 0 radical (unpaired) electrons. The lowest BCUT2D eigenvalue weighted by atomic mass is 10.3. The molecule has 0 N–H and O–H groups in total. The maximum atomic E-state index is 12.0. The molecule has 3 aromatic rings. The molecule has 2 aromatic heterocycles. The second-order valence-corrected chi connectivity index (χ2v) is 6.82. The molecule has 0 spiro atoms. The molecule has 114 valence electrons. The fraction of sp³-hybridized carbons (Fsp3) is 0.214. The van der Waals surface area contributed by atoms with Crippen LogP contribution in [0, 0.1) is 0 Å². The predicted octanol–water partition coefficient (Wildman–Crippen LogP) is 3.71. The molecule has 22 heavy (non-hydrogen) atoms. The number of rotatable bonds is 4. The Morgan fingerprint density at radius 2 is 2.23 bits per heavy atom. The van der Waals surface area contributed by atoms with Crippen LogP contribution in [0.2, 0.25) is 5.02 Å². The number of fused-ring (bicyclic) bond motifs is 1. The summed E-state index contributed by atoms with van der Waals surface area (Å²) in [6.45, 7) is 2.19. The zero-order chi connectivity index (χ0) is 15.7. The van der Waals surface area contributed by atoms with Crippen LogP contribution in [0.1, 0.15) is 17.6 Å². The average Bonchev–Trinajstić information content (AvgIpc) is 2.90. The molecule has 5 nitrogen and oxygen atoms in total. The second-order valence-electron chi connectivity index (χ2n) is 4.49. The Hall–Kier alpha value is -1.44. The van der Waals surface area contributed by atoms with Crippen LogP contribution in [0.5, 0.6) is 5.75 Å². The van der Waals surface area contributed by atoms with Crippen LogP contribution in [-0.4, -0.2) is 14.6 Å². The summed E-state index contributed by atoms with van der Waals surface area (Å²) in [6.07, 6.45) is 0.775. The molecule has 0 bridgehead atoms. The molecule has 1 aromatic carbocycles. The van der Waals surface area contributed by atoms with Gasteiger partial charge in [0.05, 0.1) is 10.2 Å². The number of nitrogens with zero attached hydrogens (tertiary/aromatic N) is 3. The van der Waals surface area contributed by atoms with E-state index in [2.05, 4.69) is 26.0 Å². The Bertz CT molecular complexity index is 893. The van der Waals surface area contributed by atoms with E-state index in [1.54, 1.807) is 18.2 Å². The first-order chi connectivity index (χ1) is 10.6. The molecule has 0 atom stereocenters. The summed E-state index contributed by atoms with van der Waals surface area (Å²) >= 11 is 10.7. The van der Waals surface area contributed by atoms with Crippen molar-refractivity contribution in [3.63, 3.8) is 0 Å². The van der Waals surface area contributed by atoms with Crippen molar-refractivity contribution in [1.82, 2.24) is 14.6 Å². The zero-order valence-electron chi connectivity index (χ0n) is 11.5. The summed E-state index contributed by atoms with van der Waals surface area (Å²) < 4.78 is 7.76. The highest BCUT2D eigenvalue weighted by Crippen LogP contribution is 2.28. The lowest BCUT2D eigenvalue weighted by molar-refractivity contribution is 0.299. The second kappa shape index (κ2) is 6.36. The van der Waals surface area contributed by atoms with Gasteiger partial charge in [-0.25, -0.2) is 4.98 Å². The van der Waals surface area contributed by atoms with E-state index in [9.17, 15) is 4.79 Å². The van der Waals surface area contributed by atoms with E-state index >= 15 is 0 Å². The van der Waals surface area contributed by atoms with Crippen molar-refractivity contribution in [2.45, 2.75) is 20.0 Å². The molecule has 8 heteroatoms. The summed E-state index contributed by atoms with van der Waals surface area (Å²) in [7, 11) is 0. The van der Waals surface area contributed by atoms with Crippen molar-refractivity contribution in [3.8, 4) is 5.75 Å². The fourth-order valence-corrected chi connectivity index (χ4v) is 3.51. The predicted molar refractivity (Wildman–Crippen MR) is 90.0 cm³/mol. The molecule has 0 aliphatic rings. The standard InChI is InChI=1S/C14H11BrClN3O2S/c1-2-12-18-19-13(20)6-9(17-14(19)22-12)7-21-11-4-3-8(16)5-10(11)15/h3-6H,2,7H2,1H3.